The van der Waals surface area contributed by atoms with Gasteiger partial charge in [0.25, 0.3) is 10.1 Å². The summed E-state index contributed by atoms with van der Waals surface area (Å²) in [7, 11) is -3.89. The van der Waals surface area contributed by atoms with Gasteiger partial charge in [-0.05, 0) is 23.6 Å². The van der Waals surface area contributed by atoms with Gasteiger partial charge in [0, 0.05) is 5.56 Å². The molecule has 5 heteroatoms. The Balaban J connectivity index is 2.23. The van der Waals surface area contributed by atoms with Gasteiger partial charge in [0.15, 0.2) is 0 Å². The minimum absolute atomic E-state index is 0.252. The summed E-state index contributed by atoms with van der Waals surface area (Å²) < 4.78 is 34.8. The highest BCUT2D eigenvalue weighted by Gasteiger charge is 2.12. The number of aryl methyl sites for hydroxylation is 1. The molecule has 2 rings (SSSR count). The van der Waals surface area contributed by atoms with Gasteiger partial charge in [-0.3, -0.25) is 4.55 Å². The van der Waals surface area contributed by atoms with Gasteiger partial charge in [-0.1, -0.05) is 12.1 Å². The van der Waals surface area contributed by atoms with Crippen LogP contribution in [0.2, 0.25) is 0 Å². The molecule has 0 spiro atoms. The fourth-order valence-corrected chi connectivity index (χ4v) is 2.02. The fourth-order valence-electron chi connectivity index (χ4n) is 1.54. The molecule has 0 bridgehead atoms. The van der Waals surface area contributed by atoms with Crippen molar-refractivity contribution in [2.24, 2.45) is 0 Å². The lowest BCUT2D eigenvalue weighted by Gasteiger charge is -2.01. The minimum Gasteiger partial charge on any atom is -0.472 e. The van der Waals surface area contributed by atoms with Crippen molar-refractivity contribution in [2.45, 2.75) is 6.42 Å². The van der Waals surface area contributed by atoms with Crippen LogP contribution in [0.25, 0.3) is 11.1 Å². The summed E-state index contributed by atoms with van der Waals surface area (Å²) in [6.07, 6.45) is 3.46. The lowest BCUT2D eigenvalue weighted by atomic mass is 10.1. The summed E-state index contributed by atoms with van der Waals surface area (Å²) in [5.41, 5.74) is 2.80. The molecule has 0 aromatic carbocycles. The highest BCUT2D eigenvalue weighted by atomic mass is 32.2. The summed E-state index contributed by atoms with van der Waals surface area (Å²) in [6, 6.07) is 5.48. The van der Waals surface area contributed by atoms with E-state index in [0.717, 1.165) is 16.7 Å². The number of rotatable bonds is 3. The molecule has 0 radical (unpaired) electrons. The zero-order chi connectivity index (χ0) is 10.9. The van der Waals surface area contributed by atoms with Crippen LogP contribution < -0.4 is 0 Å². The Labute approximate surface area is 87.6 Å². The minimum atomic E-state index is -3.89. The highest BCUT2D eigenvalue weighted by molar-refractivity contribution is 7.85. The molecule has 0 amide bonds. The molecule has 0 aromatic heterocycles. The Morgan fingerprint density at radius 1 is 1.27 bits per heavy atom. The average Bonchev–Trinajstić information content (AvgIpc) is 2.57. The number of hydrogen-bond donors (Lipinski definition) is 1. The SMILES string of the molecule is O=S(=O)(O)CCc1ccc2coccc1-2. The molecule has 1 N–H and O–H groups in total. The van der Waals surface area contributed by atoms with Crippen LogP contribution in [0, 0.1) is 0 Å². The van der Waals surface area contributed by atoms with Gasteiger partial charge >= 0.3 is 0 Å². The van der Waals surface area contributed by atoms with Gasteiger partial charge in [-0.2, -0.15) is 8.42 Å². The Morgan fingerprint density at radius 3 is 2.80 bits per heavy atom. The molecule has 4 nitrogen and oxygen atoms in total. The summed E-state index contributed by atoms with van der Waals surface area (Å²) in [4.78, 5) is 0. The van der Waals surface area contributed by atoms with E-state index in [-0.39, 0.29) is 5.75 Å². The van der Waals surface area contributed by atoms with Crippen LogP contribution in [0.3, 0.4) is 0 Å². The summed E-state index contributed by atoms with van der Waals surface area (Å²) in [6.45, 7) is 0. The average molecular weight is 226 g/mol. The van der Waals surface area contributed by atoms with E-state index in [1.54, 1.807) is 18.6 Å². The summed E-state index contributed by atoms with van der Waals surface area (Å²) >= 11 is 0. The maximum Gasteiger partial charge on any atom is 0.265 e. The molecule has 0 aromatic rings. The standard InChI is InChI=1S/C10H10O4S/c11-15(12,13)6-4-8-1-2-9-7-14-5-3-10(8)9/h1-3,5,7H,4,6H2,(H,11,12,13). The predicted octanol–water partition coefficient (Wildman–Crippen LogP) is 1.81. The molecule has 0 unspecified atom stereocenters. The molecule has 15 heavy (non-hydrogen) atoms. The van der Waals surface area contributed by atoms with Gasteiger partial charge in [0.1, 0.15) is 0 Å². The molecule has 0 atom stereocenters. The van der Waals surface area contributed by atoms with Gasteiger partial charge in [0.05, 0.1) is 18.3 Å². The second-order valence-electron chi connectivity index (χ2n) is 3.32. The van der Waals surface area contributed by atoms with Crippen LogP contribution in [0.5, 0.6) is 0 Å². The summed E-state index contributed by atoms with van der Waals surface area (Å²) in [5, 5.41) is 0. The van der Waals surface area contributed by atoms with E-state index >= 15 is 0 Å². The highest BCUT2D eigenvalue weighted by Crippen LogP contribution is 2.27. The second kappa shape index (κ2) is 3.67. The zero-order valence-corrected chi connectivity index (χ0v) is 8.70. The Bertz CT molecular complexity index is 526. The first-order valence-electron chi connectivity index (χ1n) is 4.45. The van der Waals surface area contributed by atoms with Crippen LogP contribution in [-0.4, -0.2) is 18.7 Å². The Hall–Kier alpha value is -1.33. The van der Waals surface area contributed by atoms with Crippen molar-refractivity contribution in [1.29, 1.82) is 0 Å². The largest absolute Gasteiger partial charge is 0.472 e. The topological polar surface area (TPSA) is 67.5 Å². The van der Waals surface area contributed by atoms with Crippen molar-refractivity contribution in [3.8, 4) is 11.1 Å². The maximum absolute atomic E-state index is 10.6. The molecular weight excluding hydrogens is 216 g/mol. The lowest BCUT2D eigenvalue weighted by Crippen LogP contribution is -2.06. The van der Waals surface area contributed by atoms with Gasteiger partial charge in [0.2, 0.25) is 0 Å². The molecule has 1 aliphatic carbocycles. The van der Waals surface area contributed by atoms with Crippen LogP contribution in [-0.2, 0) is 16.5 Å². The Kier molecular flexibility index (Phi) is 2.50. The van der Waals surface area contributed by atoms with E-state index in [9.17, 15) is 8.42 Å². The van der Waals surface area contributed by atoms with Crippen molar-refractivity contribution in [2.75, 3.05) is 5.75 Å². The third-order valence-electron chi connectivity index (χ3n) is 2.26. The summed E-state index contributed by atoms with van der Waals surface area (Å²) in [5.74, 6) is -0.252. The van der Waals surface area contributed by atoms with Crippen LogP contribution in [0.15, 0.2) is 35.1 Å². The second-order valence-corrected chi connectivity index (χ2v) is 4.89. The third-order valence-corrected chi connectivity index (χ3v) is 2.98. The maximum atomic E-state index is 10.6. The molecule has 80 valence electrons. The van der Waals surface area contributed by atoms with Crippen LogP contribution >= 0.6 is 0 Å². The van der Waals surface area contributed by atoms with Gasteiger partial charge in [-0.25, -0.2) is 0 Å². The molecule has 0 fully saturated rings. The first-order chi connectivity index (χ1) is 7.06. The third kappa shape index (κ3) is 2.37. The van der Waals surface area contributed by atoms with Crippen molar-refractivity contribution < 1.29 is 17.4 Å². The number of fused-ring (bicyclic) bond motifs is 1. The zero-order valence-electron chi connectivity index (χ0n) is 7.88. The van der Waals surface area contributed by atoms with Crippen LogP contribution in [0.4, 0.5) is 0 Å². The fraction of sp³-hybridized carbons (Fsp3) is 0.200. The number of hydrogen-bond acceptors (Lipinski definition) is 3. The van der Waals surface area contributed by atoms with E-state index in [4.69, 9.17) is 8.97 Å². The van der Waals surface area contributed by atoms with Crippen molar-refractivity contribution in [1.82, 2.24) is 0 Å². The smallest absolute Gasteiger partial charge is 0.265 e. The van der Waals surface area contributed by atoms with E-state index in [1.165, 1.54) is 0 Å². The van der Waals surface area contributed by atoms with Crippen LogP contribution in [0.1, 0.15) is 5.56 Å². The molecule has 0 saturated heterocycles. The van der Waals surface area contributed by atoms with E-state index < -0.39 is 10.1 Å². The Morgan fingerprint density at radius 2 is 2.07 bits per heavy atom. The first-order valence-corrected chi connectivity index (χ1v) is 6.06. The van der Waals surface area contributed by atoms with Crippen molar-refractivity contribution >= 4 is 10.1 Å². The molecule has 2 aliphatic rings. The quantitative estimate of drug-likeness (QED) is 0.810. The van der Waals surface area contributed by atoms with Gasteiger partial charge < -0.3 is 4.42 Å². The lowest BCUT2D eigenvalue weighted by molar-refractivity contribution is 0.483. The molecule has 1 heterocycles. The normalized spacial score (nSPS) is 12.1. The van der Waals surface area contributed by atoms with E-state index in [2.05, 4.69) is 0 Å². The van der Waals surface area contributed by atoms with Crippen molar-refractivity contribution in [3.63, 3.8) is 0 Å². The van der Waals surface area contributed by atoms with E-state index in [0.29, 0.717) is 6.42 Å². The van der Waals surface area contributed by atoms with E-state index in [1.807, 2.05) is 12.1 Å². The molecule has 1 aliphatic heterocycles. The molecular formula is C10H10O4S. The monoisotopic (exact) mass is 226 g/mol. The first kappa shape index (κ1) is 10.2. The molecule has 0 saturated carbocycles. The van der Waals surface area contributed by atoms with Crippen molar-refractivity contribution in [3.05, 3.63) is 36.3 Å². The van der Waals surface area contributed by atoms with Gasteiger partial charge in [-0.15, -0.1) is 0 Å². The predicted molar refractivity (Wildman–Crippen MR) is 55.4 cm³/mol.